The van der Waals surface area contributed by atoms with Crippen LogP contribution in [-0.2, 0) is 22.5 Å². The second-order valence-corrected chi connectivity index (χ2v) is 9.71. The van der Waals surface area contributed by atoms with Crippen LogP contribution < -0.4 is 0 Å². The minimum absolute atomic E-state index is 0.00523. The average molecular weight is 558 g/mol. The smallest absolute Gasteiger partial charge is 0.341 e. The zero-order chi connectivity index (χ0) is 24.7. The van der Waals surface area contributed by atoms with Gasteiger partial charge in [0.2, 0.25) is 0 Å². The van der Waals surface area contributed by atoms with E-state index >= 15 is 0 Å². The number of aromatic hydroxyl groups is 1. The number of nitrogens with zero attached hydrogens (tertiary/aromatic N) is 3. The average Bonchev–Trinajstić information content (AvgIpc) is 3.44. The van der Waals surface area contributed by atoms with Crippen LogP contribution in [0.3, 0.4) is 0 Å². The lowest BCUT2D eigenvalue weighted by Crippen LogP contribution is -2.16. The minimum atomic E-state index is -0.589. The Labute approximate surface area is 212 Å². The molecule has 0 unspecified atom stereocenters. The molecule has 0 aliphatic heterocycles. The summed E-state index contributed by atoms with van der Waals surface area (Å²) in [4.78, 5) is 17.8. The van der Waals surface area contributed by atoms with Crippen LogP contribution in [0.2, 0.25) is 0 Å². The van der Waals surface area contributed by atoms with Crippen molar-refractivity contribution >= 4 is 48.9 Å². The van der Waals surface area contributed by atoms with Gasteiger partial charge in [0.25, 0.3) is 0 Å². The quantitative estimate of drug-likeness (QED) is 0.200. The molecule has 5 rings (SSSR count). The third kappa shape index (κ3) is 4.21. The highest BCUT2D eigenvalue weighted by molar-refractivity contribution is 9.10. The Hall–Kier alpha value is -3.24. The van der Waals surface area contributed by atoms with Gasteiger partial charge < -0.3 is 19.0 Å². The van der Waals surface area contributed by atoms with E-state index in [1.807, 2.05) is 4.57 Å². The van der Waals surface area contributed by atoms with Crippen LogP contribution in [-0.4, -0.2) is 40.9 Å². The molecule has 1 aliphatic carbocycles. The van der Waals surface area contributed by atoms with E-state index in [1.165, 1.54) is 24.3 Å². The Kier molecular flexibility index (Phi) is 6.33. The number of aromatic nitrogens is 3. The van der Waals surface area contributed by atoms with Crippen LogP contribution in [0, 0.1) is 5.82 Å². The number of carbonyl (C=O) groups excluding carboxylic acids is 1. The Morgan fingerprint density at radius 1 is 1.31 bits per heavy atom. The summed E-state index contributed by atoms with van der Waals surface area (Å²) in [6.07, 6.45) is 6.79. The van der Waals surface area contributed by atoms with Crippen LogP contribution >= 0.6 is 15.9 Å². The fourth-order valence-corrected chi connectivity index (χ4v) is 5.35. The highest BCUT2D eigenvalue weighted by atomic mass is 79.9. The second-order valence-electron chi connectivity index (χ2n) is 8.28. The van der Waals surface area contributed by atoms with Crippen LogP contribution in [0.1, 0.15) is 53.0 Å². The van der Waals surface area contributed by atoms with Gasteiger partial charge in [-0.15, -0.1) is 0 Å². The largest absolute Gasteiger partial charge is 0.506 e. The molecule has 0 bridgehead atoms. The number of benzene rings is 2. The number of halogens is 2. The second kappa shape index (κ2) is 9.43. The van der Waals surface area contributed by atoms with E-state index in [0.717, 1.165) is 12.8 Å². The van der Waals surface area contributed by atoms with E-state index < -0.39 is 11.8 Å². The molecule has 35 heavy (non-hydrogen) atoms. The van der Waals surface area contributed by atoms with Crippen molar-refractivity contribution < 1.29 is 23.2 Å². The molecule has 7 nitrogen and oxygen atoms in total. The summed E-state index contributed by atoms with van der Waals surface area (Å²) in [7, 11) is 0. The van der Waals surface area contributed by atoms with Crippen LogP contribution in [0.25, 0.3) is 10.9 Å². The summed E-state index contributed by atoms with van der Waals surface area (Å²) in [5, 5.41) is 11.6. The predicted octanol–water partition coefficient (Wildman–Crippen LogP) is 4.79. The third-order valence-corrected chi connectivity index (χ3v) is 7.22. The van der Waals surface area contributed by atoms with Gasteiger partial charge in [-0.25, -0.2) is 18.4 Å². The molecular formula is C25H21BrFN3O4S. The highest BCUT2D eigenvalue weighted by Gasteiger charge is 2.36. The summed E-state index contributed by atoms with van der Waals surface area (Å²) in [5.74, 6) is -1.02. The van der Waals surface area contributed by atoms with Gasteiger partial charge in [0.1, 0.15) is 11.6 Å². The van der Waals surface area contributed by atoms with E-state index in [0.29, 0.717) is 37.1 Å². The van der Waals surface area contributed by atoms with Crippen molar-refractivity contribution in [2.24, 2.45) is 0 Å². The number of carbonyl (C=O) groups is 1. The van der Waals surface area contributed by atoms with Crippen molar-refractivity contribution in [3.05, 3.63) is 81.7 Å². The van der Waals surface area contributed by atoms with E-state index in [-0.39, 0.29) is 41.8 Å². The minimum Gasteiger partial charge on any atom is -0.506 e. The monoisotopic (exact) mass is 557 g/mol. The molecule has 180 valence electrons. The lowest BCUT2D eigenvalue weighted by molar-refractivity contribution is 0.0528. The van der Waals surface area contributed by atoms with E-state index in [4.69, 9.17) is 4.74 Å². The van der Waals surface area contributed by atoms with Gasteiger partial charge in [0, 0.05) is 29.4 Å². The van der Waals surface area contributed by atoms with Gasteiger partial charge in [-0.05, 0) is 59.5 Å². The standard InChI is InChI=1S/C25H21BrFN3O4S/c1-2-34-25(32)21-20-17(12-29-10-9-28-13-29)23(31)18(26)11-19(20)30(16-7-8-16)22(21)24(35-33)14-3-5-15(27)6-4-14/h3-6,9-11,13,16,31H,2,7-8,12H2,1H3. The number of phenols is 1. The van der Waals surface area contributed by atoms with Gasteiger partial charge in [0.05, 0.1) is 56.8 Å². The Morgan fingerprint density at radius 2 is 2.06 bits per heavy atom. The van der Waals surface area contributed by atoms with E-state index in [1.54, 1.807) is 36.3 Å². The first-order chi connectivity index (χ1) is 16.9. The molecule has 0 spiro atoms. The summed E-state index contributed by atoms with van der Waals surface area (Å²) in [6.45, 7) is 2.11. The summed E-state index contributed by atoms with van der Waals surface area (Å²) in [5.41, 5.74) is 2.36. The van der Waals surface area contributed by atoms with Crippen molar-refractivity contribution in [2.45, 2.75) is 32.4 Å². The summed E-state index contributed by atoms with van der Waals surface area (Å²) < 4.78 is 35.9. The molecule has 1 aliphatic rings. The van der Waals surface area contributed by atoms with Crippen LogP contribution in [0.15, 0.2) is 53.5 Å². The number of fused-ring (bicyclic) bond motifs is 1. The van der Waals surface area contributed by atoms with Gasteiger partial charge in [-0.3, -0.25) is 0 Å². The molecule has 0 radical (unpaired) electrons. The van der Waals surface area contributed by atoms with Crippen LogP contribution in [0.5, 0.6) is 5.75 Å². The SMILES string of the molecule is CCOC(=O)c1c(C(=S=O)c2ccc(F)cc2)n(C2CC2)c2cc(Br)c(O)c(Cn3ccnc3)c12. The van der Waals surface area contributed by atoms with Crippen molar-refractivity contribution in [2.75, 3.05) is 6.61 Å². The van der Waals surface area contributed by atoms with Crippen molar-refractivity contribution in [1.29, 1.82) is 0 Å². The third-order valence-electron chi connectivity index (χ3n) is 6.02. The highest BCUT2D eigenvalue weighted by Crippen LogP contribution is 2.46. The van der Waals surface area contributed by atoms with Crippen molar-refractivity contribution in [3.63, 3.8) is 0 Å². The molecule has 10 heteroatoms. The maximum atomic E-state index is 13.7. The van der Waals surface area contributed by atoms with Gasteiger partial charge in [0.15, 0.2) is 0 Å². The normalized spacial score (nSPS) is 13.2. The molecule has 0 amide bonds. The number of imidazole rings is 1. The molecule has 0 saturated heterocycles. The maximum absolute atomic E-state index is 13.7. The van der Waals surface area contributed by atoms with Gasteiger partial charge in [-0.1, -0.05) is 12.1 Å². The Bertz CT molecular complexity index is 1490. The Balaban J connectivity index is 1.89. The first-order valence-electron chi connectivity index (χ1n) is 11.1. The fraction of sp³-hybridized carbons (Fsp3) is 0.240. The molecular weight excluding hydrogens is 537 g/mol. The first-order valence-corrected chi connectivity index (χ1v) is 12.6. The van der Waals surface area contributed by atoms with E-state index in [2.05, 4.69) is 20.9 Å². The lowest BCUT2D eigenvalue weighted by Gasteiger charge is -2.13. The molecule has 2 aromatic heterocycles. The first kappa shape index (κ1) is 23.5. The Morgan fingerprint density at radius 3 is 2.66 bits per heavy atom. The number of esters is 1. The number of phenolic OH excluding ortho intramolecular Hbond substituents is 1. The van der Waals surface area contributed by atoms with E-state index in [9.17, 15) is 18.5 Å². The molecule has 1 N–H and O–H groups in total. The zero-order valence-electron chi connectivity index (χ0n) is 18.7. The molecule has 1 fully saturated rings. The molecule has 4 aromatic rings. The summed E-state index contributed by atoms with van der Waals surface area (Å²) in [6, 6.07) is 7.47. The fourth-order valence-electron chi connectivity index (χ4n) is 4.39. The van der Waals surface area contributed by atoms with Crippen LogP contribution in [0.4, 0.5) is 4.39 Å². The zero-order valence-corrected chi connectivity index (χ0v) is 21.1. The molecule has 1 saturated carbocycles. The number of hydrogen-bond acceptors (Lipinski definition) is 5. The molecule has 2 heterocycles. The number of hydrogen-bond donors (Lipinski definition) is 1. The molecule has 0 atom stereocenters. The van der Waals surface area contributed by atoms with Gasteiger partial charge >= 0.3 is 5.97 Å². The summed E-state index contributed by atoms with van der Waals surface area (Å²) >= 11 is 3.72. The number of ether oxygens (including phenoxy) is 1. The lowest BCUT2D eigenvalue weighted by atomic mass is 10.0. The maximum Gasteiger partial charge on any atom is 0.341 e. The topological polar surface area (TPSA) is 86.4 Å². The predicted molar refractivity (Wildman–Crippen MR) is 135 cm³/mol. The van der Waals surface area contributed by atoms with Gasteiger partial charge in [-0.2, -0.15) is 0 Å². The van der Waals surface area contributed by atoms with Crippen molar-refractivity contribution in [1.82, 2.24) is 14.1 Å². The molecule has 2 aromatic carbocycles. The van der Waals surface area contributed by atoms with Crippen molar-refractivity contribution in [3.8, 4) is 5.75 Å². The number of rotatable bonds is 7.